The first-order chi connectivity index (χ1) is 8.42. The lowest BCUT2D eigenvalue weighted by Crippen LogP contribution is -2.06. The number of aromatic nitrogens is 3. The van der Waals surface area contributed by atoms with Crippen LogP contribution in [0.1, 0.15) is 25.1 Å². The monoisotopic (exact) mass is 249 g/mol. The van der Waals surface area contributed by atoms with Crippen LogP contribution in [-0.2, 0) is 11.2 Å². The molecule has 0 amide bonds. The zero-order valence-corrected chi connectivity index (χ0v) is 10.4. The van der Waals surface area contributed by atoms with Crippen molar-refractivity contribution in [1.82, 2.24) is 15.2 Å². The van der Waals surface area contributed by atoms with Gasteiger partial charge in [0.2, 0.25) is 0 Å². The smallest absolute Gasteiger partial charge is 0.191 e. The zero-order valence-electron chi connectivity index (χ0n) is 9.56. The molecular formula is C12H15N3OS. The van der Waals surface area contributed by atoms with Gasteiger partial charge in [-0.15, -0.1) is 11.3 Å². The van der Waals surface area contributed by atoms with E-state index in [4.69, 9.17) is 4.74 Å². The van der Waals surface area contributed by atoms with Crippen molar-refractivity contribution in [2.24, 2.45) is 0 Å². The first-order valence-electron chi connectivity index (χ1n) is 5.98. The standard InChI is InChI=1S/C12H15N3OS/c1-3-9(16-7-1)5-6-11-13-12(15-14-11)10-4-2-8-17-10/h2,4,8-9H,1,3,5-7H2,(H,13,14,15). The molecular weight excluding hydrogens is 234 g/mol. The molecule has 90 valence electrons. The summed E-state index contributed by atoms with van der Waals surface area (Å²) >= 11 is 1.66. The summed E-state index contributed by atoms with van der Waals surface area (Å²) in [6, 6.07) is 4.06. The molecule has 5 heteroatoms. The maximum Gasteiger partial charge on any atom is 0.191 e. The summed E-state index contributed by atoms with van der Waals surface area (Å²) in [7, 11) is 0. The van der Waals surface area contributed by atoms with E-state index in [0.717, 1.165) is 36.0 Å². The number of H-pyrrole nitrogens is 1. The highest BCUT2D eigenvalue weighted by Crippen LogP contribution is 2.21. The molecule has 1 aliphatic heterocycles. The Balaban J connectivity index is 1.60. The van der Waals surface area contributed by atoms with Crippen LogP contribution in [-0.4, -0.2) is 27.9 Å². The summed E-state index contributed by atoms with van der Waals surface area (Å²) in [4.78, 5) is 5.62. The lowest BCUT2D eigenvalue weighted by Gasteiger charge is -2.06. The predicted octanol–water partition coefficient (Wildman–Crippen LogP) is 2.64. The van der Waals surface area contributed by atoms with Crippen molar-refractivity contribution in [3.63, 3.8) is 0 Å². The van der Waals surface area contributed by atoms with Crippen LogP contribution in [0.4, 0.5) is 0 Å². The minimum Gasteiger partial charge on any atom is -0.378 e. The molecule has 0 aliphatic carbocycles. The van der Waals surface area contributed by atoms with E-state index in [2.05, 4.69) is 15.2 Å². The molecule has 1 aliphatic rings. The maximum atomic E-state index is 5.59. The third-order valence-corrected chi connectivity index (χ3v) is 3.87. The molecule has 1 unspecified atom stereocenters. The Kier molecular flexibility index (Phi) is 3.20. The number of hydrogen-bond donors (Lipinski definition) is 1. The summed E-state index contributed by atoms with van der Waals surface area (Å²) in [5.41, 5.74) is 0. The number of rotatable bonds is 4. The van der Waals surface area contributed by atoms with Crippen LogP contribution < -0.4 is 0 Å². The third-order valence-electron chi connectivity index (χ3n) is 3.00. The second-order valence-corrected chi connectivity index (χ2v) is 5.20. The first-order valence-corrected chi connectivity index (χ1v) is 6.86. The Labute approximate surface area is 104 Å². The van der Waals surface area contributed by atoms with Crippen molar-refractivity contribution in [2.75, 3.05) is 6.61 Å². The molecule has 0 spiro atoms. The summed E-state index contributed by atoms with van der Waals surface area (Å²) in [5, 5.41) is 9.28. The molecule has 1 saturated heterocycles. The van der Waals surface area contributed by atoms with Crippen LogP contribution in [0.15, 0.2) is 17.5 Å². The Hall–Kier alpha value is -1.20. The summed E-state index contributed by atoms with van der Waals surface area (Å²) in [5.74, 6) is 1.77. The Morgan fingerprint density at radius 1 is 1.53 bits per heavy atom. The molecule has 1 N–H and O–H groups in total. The number of nitrogens with zero attached hydrogens (tertiary/aromatic N) is 2. The van der Waals surface area contributed by atoms with E-state index in [-0.39, 0.29) is 0 Å². The van der Waals surface area contributed by atoms with E-state index < -0.39 is 0 Å². The number of nitrogens with one attached hydrogen (secondary N) is 1. The van der Waals surface area contributed by atoms with Gasteiger partial charge in [0, 0.05) is 13.0 Å². The van der Waals surface area contributed by atoms with Crippen LogP contribution in [0.5, 0.6) is 0 Å². The topological polar surface area (TPSA) is 50.8 Å². The number of ether oxygens (including phenoxy) is 1. The second-order valence-electron chi connectivity index (χ2n) is 4.26. The highest BCUT2D eigenvalue weighted by molar-refractivity contribution is 7.13. The third kappa shape index (κ3) is 2.56. The molecule has 17 heavy (non-hydrogen) atoms. The number of hydrogen-bond acceptors (Lipinski definition) is 4. The molecule has 2 aromatic heterocycles. The summed E-state index contributed by atoms with van der Waals surface area (Å²) in [6.45, 7) is 0.918. The molecule has 1 fully saturated rings. The number of thiophene rings is 1. The van der Waals surface area contributed by atoms with Crippen molar-refractivity contribution in [1.29, 1.82) is 0 Å². The van der Waals surface area contributed by atoms with E-state index in [0.29, 0.717) is 6.10 Å². The predicted molar refractivity (Wildman–Crippen MR) is 67.0 cm³/mol. The van der Waals surface area contributed by atoms with Crippen LogP contribution in [0.25, 0.3) is 10.7 Å². The number of aromatic amines is 1. The van der Waals surface area contributed by atoms with Gasteiger partial charge in [0.15, 0.2) is 5.82 Å². The van der Waals surface area contributed by atoms with Crippen molar-refractivity contribution < 1.29 is 4.74 Å². The van der Waals surface area contributed by atoms with E-state index in [1.807, 2.05) is 17.5 Å². The van der Waals surface area contributed by atoms with Gasteiger partial charge in [0.05, 0.1) is 11.0 Å². The summed E-state index contributed by atoms with van der Waals surface area (Å²) in [6.07, 6.45) is 4.76. The van der Waals surface area contributed by atoms with Gasteiger partial charge in [-0.2, -0.15) is 5.10 Å². The molecule has 3 heterocycles. The van der Waals surface area contributed by atoms with Crippen molar-refractivity contribution in [3.05, 3.63) is 23.3 Å². The van der Waals surface area contributed by atoms with Crippen molar-refractivity contribution in [3.8, 4) is 10.7 Å². The van der Waals surface area contributed by atoms with Gasteiger partial charge in [0.25, 0.3) is 0 Å². The van der Waals surface area contributed by atoms with E-state index in [1.54, 1.807) is 11.3 Å². The van der Waals surface area contributed by atoms with E-state index in [1.165, 1.54) is 12.8 Å². The van der Waals surface area contributed by atoms with Gasteiger partial charge in [-0.3, -0.25) is 5.10 Å². The molecule has 0 saturated carbocycles. The van der Waals surface area contributed by atoms with Gasteiger partial charge in [-0.25, -0.2) is 4.98 Å². The SMILES string of the molecule is c1csc(-c2n[nH]c(CCC3CCCO3)n2)c1. The van der Waals surface area contributed by atoms with Crippen LogP contribution in [0.3, 0.4) is 0 Å². The Morgan fingerprint density at radius 2 is 2.53 bits per heavy atom. The highest BCUT2D eigenvalue weighted by Gasteiger charge is 2.16. The van der Waals surface area contributed by atoms with Crippen molar-refractivity contribution >= 4 is 11.3 Å². The minimum absolute atomic E-state index is 0.422. The van der Waals surface area contributed by atoms with Gasteiger partial charge >= 0.3 is 0 Å². The fraction of sp³-hybridized carbons (Fsp3) is 0.500. The molecule has 3 rings (SSSR count). The molecule has 1 atom stereocenters. The van der Waals surface area contributed by atoms with E-state index in [9.17, 15) is 0 Å². The normalized spacial score (nSPS) is 19.9. The quantitative estimate of drug-likeness (QED) is 0.906. The van der Waals surface area contributed by atoms with Gasteiger partial charge in [-0.05, 0) is 30.7 Å². The Morgan fingerprint density at radius 3 is 3.29 bits per heavy atom. The van der Waals surface area contributed by atoms with Gasteiger partial charge < -0.3 is 4.74 Å². The van der Waals surface area contributed by atoms with Crippen LogP contribution >= 0.6 is 11.3 Å². The number of aryl methyl sites for hydroxylation is 1. The fourth-order valence-electron chi connectivity index (χ4n) is 2.09. The summed E-state index contributed by atoms with van der Waals surface area (Å²) < 4.78 is 5.59. The maximum absolute atomic E-state index is 5.59. The average molecular weight is 249 g/mol. The Bertz CT molecular complexity index is 460. The van der Waals surface area contributed by atoms with Gasteiger partial charge in [-0.1, -0.05) is 6.07 Å². The fourth-order valence-corrected chi connectivity index (χ4v) is 2.75. The lowest BCUT2D eigenvalue weighted by atomic mass is 10.1. The molecule has 2 aromatic rings. The van der Waals surface area contributed by atoms with Crippen LogP contribution in [0, 0.1) is 0 Å². The minimum atomic E-state index is 0.422. The average Bonchev–Trinajstić information content (AvgIpc) is 3.09. The van der Waals surface area contributed by atoms with Crippen molar-refractivity contribution in [2.45, 2.75) is 31.8 Å². The van der Waals surface area contributed by atoms with Crippen LogP contribution in [0.2, 0.25) is 0 Å². The first kappa shape index (κ1) is 10.9. The zero-order chi connectivity index (χ0) is 11.5. The molecule has 0 aromatic carbocycles. The molecule has 4 nitrogen and oxygen atoms in total. The highest BCUT2D eigenvalue weighted by atomic mass is 32.1. The second kappa shape index (κ2) is 4.98. The van der Waals surface area contributed by atoms with Gasteiger partial charge in [0.1, 0.15) is 5.82 Å². The molecule has 0 bridgehead atoms. The van der Waals surface area contributed by atoms with E-state index >= 15 is 0 Å². The molecule has 0 radical (unpaired) electrons. The largest absolute Gasteiger partial charge is 0.378 e. The lowest BCUT2D eigenvalue weighted by molar-refractivity contribution is 0.104.